The SMILES string of the molecule is CCC(C)C(O)CNC(=O)NC(C)COc1ccc(F)cc1F. The van der Waals surface area contributed by atoms with Gasteiger partial charge in [-0.15, -0.1) is 0 Å². The van der Waals surface area contributed by atoms with E-state index in [2.05, 4.69) is 10.6 Å². The second-order valence-electron chi connectivity index (χ2n) is 5.59. The third-order valence-electron chi connectivity index (χ3n) is 3.53. The largest absolute Gasteiger partial charge is 0.488 e. The van der Waals surface area contributed by atoms with Crippen LogP contribution in [-0.4, -0.2) is 36.4 Å². The third kappa shape index (κ3) is 6.81. The van der Waals surface area contributed by atoms with Crippen molar-refractivity contribution in [2.24, 2.45) is 5.92 Å². The molecule has 0 aliphatic rings. The number of hydrogen-bond acceptors (Lipinski definition) is 3. The number of carbonyl (C=O) groups excluding carboxylic acids is 1. The van der Waals surface area contributed by atoms with E-state index in [9.17, 15) is 18.7 Å². The Bertz CT molecular complexity index is 514. The Morgan fingerprint density at radius 3 is 2.65 bits per heavy atom. The second kappa shape index (κ2) is 9.29. The summed E-state index contributed by atoms with van der Waals surface area (Å²) in [6.45, 7) is 5.73. The fourth-order valence-corrected chi connectivity index (χ4v) is 1.79. The number of aliphatic hydroxyl groups is 1. The summed E-state index contributed by atoms with van der Waals surface area (Å²) in [7, 11) is 0. The molecule has 5 nitrogen and oxygen atoms in total. The standard InChI is InChI=1S/C16H24F2N2O3/c1-4-10(2)14(21)8-19-16(22)20-11(3)9-23-15-6-5-12(17)7-13(15)18/h5-7,10-11,14,21H,4,8-9H2,1-3H3,(H2,19,20,22). The molecule has 130 valence electrons. The molecule has 1 aromatic carbocycles. The molecule has 0 bridgehead atoms. The summed E-state index contributed by atoms with van der Waals surface area (Å²) in [6.07, 6.45) is 0.211. The predicted octanol–water partition coefficient (Wildman–Crippen LogP) is 2.44. The van der Waals surface area contributed by atoms with Crippen LogP contribution in [0.4, 0.5) is 13.6 Å². The molecule has 0 heterocycles. The number of aliphatic hydroxyl groups excluding tert-OH is 1. The van der Waals surface area contributed by atoms with Crippen LogP contribution in [0.2, 0.25) is 0 Å². The lowest BCUT2D eigenvalue weighted by molar-refractivity contribution is 0.114. The van der Waals surface area contributed by atoms with Gasteiger partial charge in [-0.2, -0.15) is 0 Å². The molecule has 3 unspecified atom stereocenters. The van der Waals surface area contributed by atoms with Crippen LogP contribution in [0, 0.1) is 17.6 Å². The van der Waals surface area contributed by atoms with Crippen LogP contribution in [0.5, 0.6) is 5.75 Å². The molecule has 1 rings (SSSR count). The van der Waals surface area contributed by atoms with Crippen LogP contribution >= 0.6 is 0 Å². The smallest absolute Gasteiger partial charge is 0.315 e. The summed E-state index contributed by atoms with van der Waals surface area (Å²) in [5, 5.41) is 14.9. The summed E-state index contributed by atoms with van der Waals surface area (Å²) >= 11 is 0. The molecular formula is C16H24F2N2O3. The van der Waals surface area contributed by atoms with Crippen molar-refractivity contribution in [3.8, 4) is 5.75 Å². The zero-order valence-electron chi connectivity index (χ0n) is 13.6. The summed E-state index contributed by atoms with van der Waals surface area (Å²) in [4.78, 5) is 11.7. The van der Waals surface area contributed by atoms with Crippen molar-refractivity contribution < 1.29 is 23.4 Å². The molecule has 0 fully saturated rings. The maximum Gasteiger partial charge on any atom is 0.315 e. The molecule has 0 aliphatic carbocycles. The minimum atomic E-state index is -0.793. The molecule has 2 amide bonds. The first-order valence-corrected chi connectivity index (χ1v) is 7.63. The molecule has 0 aliphatic heterocycles. The number of rotatable bonds is 8. The number of urea groups is 1. The van der Waals surface area contributed by atoms with Crippen LogP contribution in [0.25, 0.3) is 0 Å². The van der Waals surface area contributed by atoms with Gasteiger partial charge >= 0.3 is 6.03 Å². The molecule has 0 spiro atoms. The lowest BCUT2D eigenvalue weighted by Crippen LogP contribution is -2.46. The Hall–Kier alpha value is -1.89. The van der Waals surface area contributed by atoms with Crippen LogP contribution < -0.4 is 15.4 Å². The summed E-state index contributed by atoms with van der Waals surface area (Å²) < 4.78 is 31.4. The quantitative estimate of drug-likeness (QED) is 0.686. The molecule has 0 radical (unpaired) electrons. The number of carbonyl (C=O) groups is 1. The molecule has 3 atom stereocenters. The van der Waals surface area contributed by atoms with E-state index in [1.807, 2.05) is 13.8 Å². The fourth-order valence-electron chi connectivity index (χ4n) is 1.79. The molecule has 23 heavy (non-hydrogen) atoms. The number of nitrogens with one attached hydrogen (secondary N) is 2. The van der Waals surface area contributed by atoms with Crippen molar-refractivity contribution in [1.82, 2.24) is 10.6 Å². The van der Waals surface area contributed by atoms with Crippen molar-refractivity contribution >= 4 is 6.03 Å². The fraction of sp³-hybridized carbons (Fsp3) is 0.562. The first kappa shape index (κ1) is 19.2. The second-order valence-corrected chi connectivity index (χ2v) is 5.59. The number of hydrogen-bond donors (Lipinski definition) is 3. The van der Waals surface area contributed by atoms with Crippen molar-refractivity contribution in [3.05, 3.63) is 29.8 Å². The van der Waals surface area contributed by atoms with Gasteiger partial charge < -0.3 is 20.5 Å². The van der Waals surface area contributed by atoms with Crippen LogP contribution in [0.1, 0.15) is 27.2 Å². The Morgan fingerprint density at radius 2 is 2.04 bits per heavy atom. The van der Waals surface area contributed by atoms with E-state index < -0.39 is 23.8 Å². The van der Waals surface area contributed by atoms with Crippen LogP contribution in [0.3, 0.4) is 0 Å². The van der Waals surface area contributed by atoms with Crippen LogP contribution in [-0.2, 0) is 0 Å². The van der Waals surface area contributed by atoms with Crippen molar-refractivity contribution in [2.75, 3.05) is 13.2 Å². The Morgan fingerprint density at radius 1 is 1.35 bits per heavy atom. The summed E-state index contributed by atoms with van der Waals surface area (Å²) in [5.74, 6) is -1.45. The average Bonchev–Trinajstić information content (AvgIpc) is 2.50. The first-order valence-electron chi connectivity index (χ1n) is 7.63. The maximum atomic E-state index is 13.4. The third-order valence-corrected chi connectivity index (χ3v) is 3.53. The molecule has 0 saturated carbocycles. The van der Waals surface area contributed by atoms with Gasteiger partial charge in [0.1, 0.15) is 12.4 Å². The topological polar surface area (TPSA) is 70.6 Å². The van der Waals surface area contributed by atoms with Crippen molar-refractivity contribution in [1.29, 1.82) is 0 Å². The van der Waals surface area contributed by atoms with Crippen molar-refractivity contribution in [2.45, 2.75) is 39.3 Å². The van der Waals surface area contributed by atoms with E-state index in [-0.39, 0.29) is 30.9 Å². The molecule has 1 aromatic rings. The van der Waals surface area contributed by atoms with Gasteiger partial charge in [-0.1, -0.05) is 20.3 Å². The molecular weight excluding hydrogens is 306 g/mol. The van der Waals surface area contributed by atoms with E-state index in [0.29, 0.717) is 0 Å². The minimum Gasteiger partial charge on any atom is -0.488 e. The predicted molar refractivity (Wildman–Crippen MR) is 83.3 cm³/mol. The van der Waals surface area contributed by atoms with E-state index in [0.717, 1.165) is 18.6 Å². The number of benzene rings is 1. The van der Waals surface area contributed by atoms with E-state index >= 15 is 0 Å². The molecule has 0 aromatic heterocycles. The average molecular weight is 330 g/mol. The highest BCUT2D eigenvalue weighted by atomic mass is 19.1. The van der Waals surface area contributed by atoms with E-state index in [4.69, 9.17) is 4.74 Å². The highest BCUT2D eigenvalue weighted by Crippen LogP contribution is 2.17. The van der Waals surface area contributed by atoms with E-state index in [1.165, 1.54) is 6.07 Å². The van der Waals surface area contributed by atoms with E-state index in [1.54, 1.807) is 6.92 Å². The zero-order chi connectivity index (χ0) is 17.4. The highest BCUT2D eigenvalue weighted by Gasteiger charge is 2.14. The lowest BCUT2D eigenvalue weighted by atomic mass is 10.0. The highest BCUT2D eigenvalue weighted by molar-refractivity contribution is 5.74. The Labute approximate surface area is 135 Å². The number of amides is 2. The van der Waals surface area contributed by atoms with Gasteiger partial charge in [-0.05, 0) is 25.0 Å². The normalized spacial score (nSPS) is 14.7. The van der Waals surface area contributed by atoms with Gasteiger partial charge in [0, 0.05) is 12.6 Å². The lowest BCUT2D eigenvalue weighted by Gasteiger charge is -2.19. The molecule has 7 heteroatoms. The van der Waals surface area contributed by atoms with Gasteiger partial charge in [0.2, 0.25) is 0 Å². The Balaban J connectivity index is 2.32. The molecule has 3 N–H and O–H groups in total. The van der Waals surface area contributed by atoms with Gasteiger partial charge in [0.15, 0.2) is 11.6 Å². The Kier molecular flexibility index (Phi) is 7.74. The van der Waals surface area contributed by atoms with Gasteiger partial charge in [-0.3, -0.25) is 0 Å². The maximum absolute atomic E-state index is 13.4. The first-order chi connectivity index (χ1) is 10.8. The summed E-state index contributed by atoms with van der Waals surface area (Å²) in [5.41, 5.74) is 0. The summed E-state index contributed by atoms with van der Waals surface area (Å²) in [6, 6.07) is 2.19. The van der Waals surface area contributed by atoms with Crippen molar-refractivity contribution in [3.63, 3.8) is 0 Å². The monoisotopic (exact) mass is 330 g/mol. The number of ether oxygens (including phenoxy) is 1. The van der Waals surface area contributed by atoms with Gasteiger partial charge in [0.25, 0.3) is 0 Å². The number of halogens is 2. The van der Waals surface area contributed by atoms with Gasteiger partial charge in [-0.25, -0.2) is 13.6 Å². The van der Waals surface area contributed by atoms with Crippen LogP contribution in [0.15, 0.2) is 18.2 Å². The molecule has 0 saturated heterocycles. The minimum absolute atomic E-state index is 0.0316. The van der Waals surface area contributed by atoms with Gasteiger partial charge in [0.05, 0.1) is 12.1 Å². The zero-order valence-corrected chi connectivity index (χ0v) is 13.6.